The summed E-state index contributed by atoms with van der Waals surface area (Å²) in [5, 5.41) is 2.16. The van der Waals surface area contributed by atoms with Gasteiger partial charge in [-0.05, 0) is 21.0 Å². The lowest BCUT2D eigenvalue weighted by Gasteiger charge is -2.28. The van der Waals surface area contributed by atoms with Crippen LogP contribution in [0.1, 0.15) is 6.92 Å². The third kappa shape index (κ3) is 3.77. The molecule has 0 rings (SSSR count). The van der Waals surface area contributed by atoms with E-state index in [1.54, 1.807) is 19.0 Å². The third-order valence-electron chi connectivity index (χ3n) is 2.07. The van der Waals surface area contributed by atoms with E-state index in [0.717, 1.165) is 6.92 Å². The van der Waals surface area contributed by atoms with Crippen molar-refractivity contribution in [2.45, 2.75) is 11.5 Å². The summed E-state index contributed by atoms with van der Waals surface area (Å²) in [6.45, 7) is 1.12. The van der Waals surface area contributed by atoms with Crippen LogP contribution in [0.25, 0.3) is 0 Å². The molecule has 1 atom stereocenters. The summed E-state index contributed by atoms with van der Waals surface area (Å²) in [7, 11) is -6.53. The molecule has 1 unspecified atom stereocenters. The number of hydrogen-bond acceptors (Lipinski definition) is 5. The molecular formula is C6H17N2O6PS. The van der Waals surface area contributed by atoms with Crippen LogP contribution >= 0.6 is 7.60 Å². The number of rotatable bonds is 6. The predicted molar refractivity (Wildman–Crippen MR) is 58.6 cm³/mol. The van der Waals surface area contributed by atoms with Gasteiger partial charge in [0.25, 0.3) is 10.1 Å². The molecule has 16 heavy (non-hydrogen) atoms. The fourth-order valence-corrected chi connectivity index (χ4v) is 2.66. The van der Waals surface area contributed by atoms with Crippen LogP contribution in [0.15, 0.2) is 0 Å². The lowest BCUT2D eigenvalue weighted by atomic mass is 10.5. The standard InChI is InChI=1S/C6H17N2O6PS/c1-6(15(9,10)11,16(12,13)14)7-4-5-8(2)3/h7H,4-5H2,1-3H3,(H2,9,10,11)(H,12,13,14). The van der Waals surface area contributed by atoms with Crippen molar-refractivity contribution < 1.29 is 27.3 Å². The SMILES string of the molecule is CN(C)CCNC(C)(P(=O)(O)O)S(=O)(=O)O. The van der Waals surface area contributed by atoms with Crippen molar-refractivity contribution >= 4 is 17.7 Å². The molecule has 0 aliphatic carbocycles. The van der Waals surface area contributed by atoms with E-state index in [-0.39, 0.29) is 6.54 Å². The summed E-state index contributed by atoms with van der Waals surface area (Å²) in [6, 6.07) is 0. The van der Waals surface area contributed by atoms with Gasteiger partial charge >= 0.3 is 7.60 Å². The highest BCUT2D eigenvalue weighted by atomic mass is 32.2. The van der Waals surface area contributed by atoms with Gasteiger partial charge in [-0.25, -0.2) is 0 Å². The summed E-state index contributed by atoms with van der Waals surface area (Å²) in [5.41, 5.74) is 0. The van der Waals surface area contributed by atoms with Crippen molar-refractivity contribution in [2.75, 3.05) is 27.2 Å². The molecule has 0 bridgehead atoms. The Hall–Kier alpha value is -0.0200. The van der Waals surface area contributed by atoms with Crippen LogP contribution in [0.4, 0.5) is 0 Å². The molecule has 8 nitrogen and oxygen atoms in total. The smallest absolute Gasteiger partial charge is 0.322 e. The second-order valence-electron chi connectivity index (χ2n) is 3.73. The van der Waals surface area contributed by atoms with Gasteiger partial charge in [0.1, 0.15) is 0 Å². The van der Waals surface area contributed by atoms with Gasteiger partial charge in [-0.1, -0.05) is 0 Å². The quantitative estimate of drug-likeness (QED) is 0.355. The van der Waals surface area contributed by atoms with Gasteiger partial charge in [0.05, 0.1) is 0 Å². The molecule has 4 N–H and O–H groups in total. The summed E-state index contributed by atoms with van der Waals surface area (Å²) in [6.07, 6.45) is 0. The Balaban J connectivity index is 4.94. The van der Waals surface area contributed by atoms with Crippen molar-refractivity contribution in [1.29, 1.82) is 0 Å². The van der Waals surface area contributed by atoms with Crippen molar-refractivity contribution in [1.82, 2.24) is 10.2 Å². The zero-order valence-electron chi connectivity index (χ0n) is 9.28. The first kappa shape index (κ1) is 16.0. The van der Waals surface area contributed by atoms with E-state index in [0.29, 0.717) is 6.54 Å². The van der Waals surface area contributed by atoms with Crippen molar-refractivity contribution in [2.24, 2.45) is 0 Å². The van der Waals surface area contributed by atoms with Gasteiger partial charge in [0.15, 0.2) is 0 Å². The average molecular weight is 276 g/mol. The van der Waals surface area contributed by atoms with Crippen LogP contribution in [0, 0.1) is 0 Å². The highest BCUT2D eigenvalue weighted by Gasteiger charge is 2.53. The second kappa shape index (κ2) is 5.09. The predicted octanol–water partition coefficient (Wildman–Crippen LogP) is -1.12. The molecule has 0 saturated carbocycles. The van der Waals surface area contributed by atoms with Crippen LogP contribution in [0.5, 0.6) is 0 Å². The van der Waals surface area contributed by atoms with Gasteiger partial charge in [-0.3, -0.25) is 14.4 Å². The number of hydrogen-bond donors (Lipinski definition) is 4. The Labute approximate surface area is 94.6 Å². The molecule has 0 aromatic heterocycles. The minimum Gasteiger partial charge on any atom is -0.322 e. The van der Waals surface area contributed by atoms with Crippen LogP contribution in [0.2, 0.25) is 0 Å². The summed E-state index contributed by atoms with van der Waals surface area (Å²) in [5.74, 6) is 0. The Morgan fingerprint density at radius 2 is 1.81 bits per heavy atom. The fourth-order valence-electron chi connectivity index (χ4n) is 0.856. The van der Waals surface area contributed by atoms with Gasteiger partial charge < -0.3 is 14.7 Å². The molecule has 0 fully saturated rings. The zero-order chi connectivity index (χ0) is 13.2. The van der Waals surface area contributed by atoms with E-state index in [1.165, 1.54) is 0 Å². The van der Waals surface area contributed by atoms with E-state index in [4.69, 9.17) is 14.3 Å². The maximum Gasteiger partial charge on any atom is 0.363 e. The van der Waals surface area contributed by atoms with E-state index in [1.807, 2.05) is 0 Å². The molecule has 98 valence electrons. The van der Waals surface area contributed by atoms with Gasteiger partial charge in [-0.15, -0.1) is 0 Å². The normalized spacial score (nSPS) is 17.4. The molecule has 0 heterocycles. The first-order valence-electron chi connectivity index (χ1n) is 4.34. The molecule has 0 aliphatic rings. The molecule has 10 heteroatoms. The zero-order valence-corrected chi connectivity index (χ0v) is 11.0. The molecule has 0 aromatic rings. The molecule has 0 saturated heterocycles. The highest BCUT2D eigenvalue weighted by molar-refractivity contribution is 7.94. The van der Waals surface area contributed by atoms with E-state index < -0.39 is 22.3 Å². The molecule has 0 aromatic carbocycles. The molecular weight excluding hydrogens is 259 g/mol. The van der Waals surface area contributed by atoms with Gasteiger partial charge in [-0.2, -0.15) is 8.42 Å². The van der Waals surface area contributed by atoms with Gasteiger partial charge in [0, 0.05) is 13.1 Å². The van der Waals surface area contributed by atoms with Crippen LogP contribution in [0.3, 0.4) is 0 Å². The number of nitrogens with zero attached hydrogens (tertiary/aromatic N) is 1. The lowest BCUT2D eigenvalue weighted by molar-refractivity contribution is 0.318. The molecule has 0 aliphatic heterocycles. The molecule has 0 radical (unpaired) electrons. The first-order valence-corrected chi connectivity index (χ1v) is 7.39. The van der Waals surface area contributed by atoms with Crippen LogP contribution in [-0.4, -0.2) is 59.5 Å². The van der Waals surface area contributed by atoms with E-state index in [2.05, 4.69) is 5.32 Å². The summed E-state index contributed by atoms with van der Waals surface area (Å²) < 4.78 is 39.2. The van der Waals surface area contributed by atoms with E-state index >= 15 is 0 Å². The van der Waals surface area contributed by atoms with E-state index in [9.17, 15) is 13.0 Å². The second-order valence-corrected chi connectivity index (χ2v) is 7.78. The van der Waals surface area contributed by atoms with Crippen molar-refractivity contribution in [3.05, 3.63) is 0 Å². The summed E-state index contributed by atoms with van der Waals surface area (Å²) in [4.78, 5) is 19.6. The Kier molecular flexibility index (Phi) is 5.08. The monoisotopic (exact) mass is 276 g/mol. The van der Waals surface area contributed by atoms with Crippen LogP contribution in [-0.2, 0) is 14.7 Å². The Morgan fingerprint density at radius 1 is 1.38 bits per heavy atom. The van der Waals surface area contributed by atoms with Crippen LogP contribution < -0.4 is 5.32 Å². The maximum atomic E-state index is 11.1. The van der Waals surface area contributed by atoms with Gasteiger partial charge in [0.2, 0.25) is 4.61 Å². The largest absolute Gasteiger partial charge is 0.363 e. The number of nitrogens with one attached hydrogen (secondary N) is 1. The molecule has 0 amide bonds. The first-order chi connectivity index (χ1) is 6.92. The number of likely N-dealkylation sites (N-methyl/N-ethyl adjacent to an activating group) is 1. The fraction of sp³-hybridized carbons (Fsp3) is 1.00. The third-order valence-corrected chi connectivity index (χ3v) is 5.89. The highest BCUT2D eigenvalue weighted by Crippen LogP contribution is 2.51. The maximum absolute atomic E-state index is 11.1. The van der Waals surface area contributed by atoms with Crippen molar-refractivity contribution in [3.63, 3.8) is 0 Å². The minimum atomic E-state index is -5.04. The lowest BCUT2D eigenvalue weighted by Crippen LogP contribution is -2.50. The topological polar surface area (TPSA) is 127 Å². The Morgan fingerprint density at radius 3 is 2.06 bits per heavy atom. The Bertz CT molecular complexity index is 376. The molecule has 0 spiro atoms. The minimum absolute atomic E-state index is 0.00833. The average Bonchev–Trinajstić information content (AvgIpc) is 1.98. The summed E-state index contributed by atoms with van der Waals surface area (Å²) >= 11 is 0. The van der Waals surface area contributed by atoms with Crippen molar-refractivity contribution in [3.8, 4) is 0 Å².